The number of hydrogen-bond acceptors (Lipinski definition) is 4. The number of rotatable bonds is 1. The van der Waals surface area contributed by atoms with Crippen LogP contribution in [0.3, 0.4) is 0 Å². The Bertz CT molecular complexity index is 607. The predicted molar refractivity (Wildman–Crippen MR) is 71.9 cm³/mol. The molecular weight excluding hydrogens is 249 g/mol. The van der Waals surface area contributed by atoms with Crippen molar-refractivity contribution < 1.29 is 4.39 Å². The zero-order valence-electron chi connectivity index (χ0n) is 10.2. The maximum absolute atomic E-state index is 13.2. The number of nitrogens with zero attached hydrogens (tertiary/aromatic N) is 1. The van der Waals surface area contributed by atoms with Crippen molar-refractivity contribution in [3.05, 3.63) is 29.0 Å². The standard InChI is InChI=1S/C13H16FN3S/c1-12(15)5-2-6-13(12,16)11-17-9-4-3-8(14)7-10(9)18-11/h3-4,7H,2,5-6,15-16H2,1H3/t12-,13?/m0/s1. The van der Waals surface area contributed by atoms with Crippen LogP contribution in [0.15, 0.2) is 18.2 Å². The monoisotopic (exact) mass is 265 g/mol. The van der Waals surface area contributed by atoms with Crippen LogP contribution in [0.4, 0.5) is 4.39 Å². The first-order chi connectivity index (χ1) is 8.42. The number of hydrogen-bond donors (Lipinski definition) is 2. The van der Waals surface area contributed by atoms with E-state index in [1.54, 1.807) is 6.07 Å². The molecule has 1 fully saturated rings. The van der Waals surface area contributed by atoms with Crippen LogP contribution in [0.2, 0.25) is 0 Å². The Balaban J connectivity index is 2.15. The van der Waals surface area contributed by atoms with E-state index in [1.165, 1.54) is 23.5 Å². The SMILES string of the molecule is C[C@]1(N)CCCC1(N)c1nc2ccc(F)cc2s1. The van der Waals surface area contributed by atoms with E-state index in [9.17, 15) is 4.39 Å². The highest BCUT2D eigenvalue weighted by Crippen LogP contribution is 2.45. The zero-order valence-corrected chi connectivity index (χ0v) is 11.1. The molecule has 1 aromatic heterocycles. The Morgan fingerprint density at radius 2 is 2.11 bits per heavy atom. The molecule has 2 aromatic rings. The van der Waals surface area contributed by atoms with Gasteiger partial charge in [-0.3, -0.25) is 0 Å². The van der Waals surface area contributed by atoms with Crippen LogP contribution in [-0.2, 0) is 5.54 Å². The van der Waals surface area contributed by atoms with E-state index in [0.29, 0.717) is 0 Å². The largest absolute Gasteiger partial charge is 0.323 e. The Morgan fingerprint density at radius 1 is 1.33 bits per heavy atom. The molecule has 0 amide bonds. The van der Waals surface area contributed by atoms with E-state index in [0.717, 1.165) is 34.5 Å². The van der Waals surface area contributed by atoms with Crippen molar-refractivity contribution in [1.82, 2.24) is 4.98 Å². The van der Waals surface area contributed by atoms with Gasteiger partial charge in [0.2, 0.25) is 0 Å². The minimum atomic E-state index is -0.590. The van der Waals surface area contributed by atoms with Crippen LogP contribution in [0, 0.1) is 5.82 Å². The molecule has 0 bridgehead atoms. The van der Waals surface area contributed by atoms with Crippen molar-refractivity contribution in [1.29, 1.82) is 0 Å². The van der Waals surface area contributed by atoms with Gasteiger partial charge in [-0.2, -0.15) is 0 Å². The summed E-state index contributed by atoms with van der Waals surface area (Å²) in [7, 11) is 0. The molecule has 1 heterocycles. The first-order valence-electron chi connectivity index (χ1n) is 6.07. The lowest BCUT2D eigenvalue weighted by Gasteiger charge is -2.35. The Kier molecular flexibility index (Phi) is 2.49. The van der Waals surface area contributed by atoms with Crippen molar-refractivity contribution in [2.75, 3.05) is 0 Å². The molecular formula is C13H16FN3S. The zero-order chi connectivity index (χ0) is 13.0. The average Bonchev–Trinajstić information content (AvgIpc) is 2.81. The van der Waals surface area contributed by atoms with E-state index in [-0.39, 0.29) is 5.82 Å². The number of halogens is 1. The minimum Gasteiger partial charge on any atom is -0.323 e. The highest BCUT2D eigenvalue weighted by atomic mass is 32.1. The lowest BCUT2D eigenvalue weighted by Crippen LogP contribution is -2.57. The number of thiazole rings is 1. The first kappa shape index (κ1) is 12.0. The van der Waals surface area contributed by atoms with E-state index < -0.39 is 11.1 Å². The smallest absolute Gasteiger partial charge is 0.124 e. The summed E-state index contributed by atoms with van der Waals surface area (Å²) in [4.78, 5) is 4.55. The van der Waals surface area contributed by atoms with Gasteiger partial charge in [-0.15, -0.1) is 11.3 Å². The van der Waals surface area contributed by atoms with Crippen LogP contribution in [0.5, 0.6) is 0 Å². The molecule has 1 aromatic carbocycles. The fraction of sp³-hybridized carbons (Fsp3) is 0.462. The molecule has 1 aliphatic rings. The van der Waals surface area contributed by atoms with E-state index in [1.807, 2.05) is 6.92 Å². The van der Waals surface area contributed by atoms with Gasteiger partial charge in [-0.1, -0.05) is 0 Å². The third-order valence-electron chi connectivity index (χ3n) is 4.02. The second kappa shape index (κ2) is 3.73. The molecule has 0 spiro atoms. The molecule has 1 saturated carbocycles. The molecule has 1 unspecified atom stereocenters. The normalized spacial score (nSPS) is 32.2. The second-order valence-electron chi connectivity index (χ2n) is 5.37. The summed E-state index contributed by atoms with van der Waals surface area (Å²) in [5.74, 6) is -0.245. The lowest BCUT2D eigenvalue weighted by atomic mass is 9.83. The van der Waals surface area contributed by atoms with Crippen LogP contribution in [0.1, 0.15) is 31.2 Å². The van der Waals surface area contributed by atoms with Gasteiger partial charge >= 0.3 is 0 Å². The molecule has 0 radical (unpaired) electrons. The summed E-state index contributed by atoms with van der Waals surface area (Å²) < 4.78 is 14.0. The molecule has 3 rings (SSSR count). The summed E-state index contributed by atoms with van der Waals surface area (Å²) in [5.41, 5.74) is 12.6. The van der Waals surface area contributed by atoms with Crippen LogP contribution < -0.4 is 11.5 Å². The topological polar surface area (TPSA) is 64.9 Å². The summed E-state index contributed by atoms with van der Waals surface area (Å²) >= 11 is 1.45. The molecule has 4 N–H and O–H groups in total. The van der Waals surface area contributed by atoms with Crippen LogP contribution >= 0.6 is 11.3 Å². The van der Waals surface area contributed by atoms with E-state index in [4.69, 9.17) is 11.5 Å². The van der Waals surface area contributed by atoms with E-state index in [2.05, 4.69) is 4.98 Å². The Labute approximate surface area is 109 Å². The number of aromatic nitrogens is 1. The van der Waals surface area contributed by atoms with Gasteiger partial charge in [0.25, 0.3) is 0 Å². The van der Waals surface area contributed by atoms with Crippen molar-refractivity contribution in [2.24, 2.45) is 11.5 Å². The third kappa shape index (κ3) is 1.58. The predicted octanol–water partition coefficient (Wildman–Crippen LogP) is 2.49. The van der Waals surface area contributed by atoms with E-state index >= 15 is 0 Å². The highest BCUT2D eigenvalue weighted by Gasteiger charge is 2.49. The van der Waals surface area contributed by atoms with Gasteiger partial charge < -0.3 is 11.5 Å². The molecule has 0 aliphatic heterocycles. The molecule has 96 valence electrons. The molecule has 3 nitrogen and oxygen atoms in total. The summed E-state index contributed by atoms with van der Waals surface area (Å²) in [5, 5.41) is 0.825. The maximum Gasteiger partial charge on any atom is 0.124 e. The fourth-order valence-corrected chi connectivity index (χ4v) is 3.94. The summed E-state index contributed by atoms with van der Waals surface area (Å²) in [6.45, 7) is 1.98. The minimum absolute atomic E-state index is 0.245. The van der Waals surface area contributed by atoms with Gasteiger partial charge in [-0.05, 0) is 44.4 Å². The second-order valence-corrected chi connectivity index (χ2v) is 6.40. The van der Waals surface area contributed by atoms with Gasteiger partial charge in [0.1, 0.15) is 10.8 Å². The third-order valence-corrected chi connectivity index (χ3v) is 5.21. The molecule has 18 heavy (non-hydrogen) atoms. The quantitative estimate of drug-likeness (QED) is 0.832. The van der Waals surface area contributed by atoms with Gasteiger partial charge in [0.05, 0.1) is 15.8 Å². The van der Waals surface area contributed by atoms with Crippen molar-refractivity contribution >= 4 is 21.6 Å². The van der Waals surface area contributed by atoms with Crippen molar-refractivity contribution in [2.45, 2.75) is 37.3 Å². The van der Waals surface area contributed by atoms with Crippen molar-refractivity contribution in [3.8, 4) is 0 Å². The molecule has 2 atom stereocenters. The number of nitrogens with two attached hydrogens (primary N) is 2. The van der Waals surface area contributed by atoms with Gasteiger partial charge in [0.15, 0.2) is 0 Å². The van der Waals surface area contributed by atoms with Gasteiger partial charge in [0, 0.05) is 5.54 Å². The van der Waals surface area contributed by atoms with Crippen molar-refractivity contribution in [3.63, 3.8) is 0 Å². The highest BCUT2D eigenvalue weighted by molar-refractivity contribution is 7.18. The molecule has 1 aliphatic carbocycles. The summed E-state index contributed by atoms with van der Waals surface area (Å²) in [6.07, 6.45) is 2.74. The van der Waals surface area contributed by atoms with Crippen LogP contribution in [0.25, 0.3) is 10.2 Å². The first-order valence-corrected chi connectivity index (χ1v) is 6.88. The lowest BCUT2D eigenvalue weighted by molar-refractivity contribution is 0.288. The Morgan fingerprint density at radius 3 is 2.78 bits per heavy atom. The molecule has 5 heteroatoms. The number of fused-ring (bicyclic) bond motifs is 1. The Hall–Kier alpha value is -1.04. The van der Waals surface area contributed by atoms with Crippen LogP contribution in [-0.4, -0.2) is 10.5 Å². The fourth-order valence-electron chi connectivity index (χ4n) is 2.68. The summed E-state index contributed by atoms with van der Waals surface area (Å²) in [6, 6.07) is 4.62. The maximum atomic E-state index is 13.2. The van der Waals surface area contributed by atoms with Gasteiger partial charge in [-0.25, -0.2) is 9.37 Å². The molecule has 0 saturated heterocycles. The average molecular weight is 265 g/mol. The number of benzene rings is 1.